The standard InChI is InChI=1S/C25H38NO/c1-20(2)17-23-13-10-14-25(24(23)18-21(3)4)27-16-15-26(5,6)19-22-11-8-7-9-12-22/h7-14,20-21H,15-19H2,1-6H3/q+1. The van der Waals surface area contributed by atoms with Crippen molar-refractivity contribution in [2.75, 3.05) is 27.2 Å². The number of benzene rings is 2. The Balaban J connectivity index is 2.03. The molecular formula is C25H38NO+. The minimum absolute atomic E-state index is 0.631. The summed E-state index contributed by atoms with van der Waals surface area (Å²) >= 11 is 0. The maximum absolute atomic E-state index is 6.32. The van der Waals surface area contributed by atoms with Gasteiger partial charge >= 0.3 is 0 Å². The van der Waals surface area contributed by atoms with E-state index in [2.05, 4.69) is 90.3 Å². The Morgan fingerprint density at radius 3 is 2.11 bits per heavy atom. The van der Waals surface area contributed by atoms with E-state index in [9.17, 15) is 0 Å². The first kappa shape index (κ1) is 21.5. The van der Waals surface area contributed by atoms with Crippen molar-refractivity contribution in [1.82, 2.24) is 0 Å². The van der Waals surface area contributed by atoms with Gasteiger partial charge in [0.05, 0.1) is 14.1 Å². The molecule has 27 heavy (non-hydrogen) atoms. The van der Waals surface area contributed by atoms with E-state index in [0.29, 0.717) is 11.8 Å². The topological polar surface area (TPSA) is 9.23 Å². The third kappa shape index (κ3) is 7.38. The first-order valence-corrected chi connectivity index (χ1v) is 10.4. The van der Waals surface area contributed by atoms with Crippen molar-refractivity contribution in [2.24, 2.45) is 11.8 Å². The Kier molecular flexibility index (Phi) is 7.91. The number of quaternary nitrogens is 1. The molecule has 0 saturated carbocycles. The molecule has 0 amide bonds. The highest BCUT2D eigenvalue weighted by molar-refractivity contribution is 5.41. The van der Waals surface area contributed by atoms with E-state index in [0.717, 1.165) is 42.8 Å². The van der Waals surface area contributed by atoms with Crippen LogP contribution in [0.25, 0.3) is 0 Å². The molecule has 0 N–H and O–H groups in total. The fourth-order valence-electron chi connectivity index (χ4n) is 3.58. The van der Waals surface area contributed by atoms with E-state index in [1.807, 2.05) is 0 Å². The summed E-state index contributed by atoms with van der Waals surface area (Å²) in [7, 11) is 4.56. The van der Waals surface area contributed by atoms with Gasteiger partial charge < -0.3 is 9.22 Å². The predicted molar refractivity (Wildman–Crippen MR) is 116 cm³/mol. The summed E-state index contributed by atoms with van der Waals surface area (Å²) < 4.78 is 7.24. The fourth-order valence-corrected chi connectivity index (χ4v) is 3.58. The maximum atomic E-state index is 6.32. The number of hydrogen-bond donors (Lipinski definition) is 0. The van der Waals surface area contributed by atoms with Crippen LogP contribution in [0.15, 0.2) is 48.5 Å². The van der Waals surface area contributed by atoms with Crippen LogP contribution < -0.4 is 4.74 Å². The van der Waals surface area contributed by atoms with Crippen LogP contribution in [0.5, 0.6) is 5.75 Å². The molecule has 0 radical (unpaired) electrons. The van der Waals surface area contributed by atoms with E-state index >= 15 is 0 Å². The van der Waals surface area contributed by atoms with Gasteiger partial charge in [0.1, 0.15) is 25.4 Å². The zero-order valence-electron chi connectivity index (χ0n) is 18.2. The summed E-state index contributed by atoms with van der Waals surface area (Å²) in [6, 6.07) is 17.3. The van der Waals surface area contributed by atoms with Crippen LogP contribution in [0.3, 0.4) is 0 Å². The van der Waals surface area contributed by atoms with Crippen LogP contribution in [0.2, 0.25) is 0 Å². The van der Waals surface area contributed by atoms with Gasteiger partial charge in [-0.05, 0) is 41.9 Å². The highest BCUT2D eigenvalue weighted by Gasteiger charge is 2.17. The van der Waals surface area contributed by atoms with Crippen molar-refractivity contribution in [3.05, 3.63) is 65.2 Å². The maximum Gasteiger partial charge on any atom is 0.137 e. The highest BCUT2D eigenvalue weighted by Crippen LogP contribution is 2.27. The molecule has 0 atom stereocenters. The van der Waals surface area contributed by atoms with E-state index in [-0.39, 0.29) is 0 Å². The lowest BCUT2D eigenvalue weighted by Crippen LogP contribution is -2.42. The van der Waals surface area contributed by atoms with Crippen LogP contribution in [0, 0.1) is 11.8 Å². The lowest BCUT2D eigenvalue weighted by atomic mass is 9.92. The van der Waals surface area contributed by atoms with Crippen molar-refractivity contribution in [3.63, 3.8) is 0 Å². The molecule has 0 fully saturated rings. The Labute approximate surface area is 166 Å². The molecule has 0 spiro atoms. The zero-order valence-corrected chi connectivity index (χ0v) is 18.2. The van der Waals surface area contributed by atoms with Crippen LogP contribution >= 0.6 is 0 Å². The fraction of sp³-hybridized carbons (Fsp3) is 0.520. The van der Waals surface area contributed by atoms with E-state index in [1.165, 1.54) is 16.7 Å². The van der Waals surface area contributed by atoms with Gasteiger partial charge in [-0.15, -0.1) is 0 Å². The molecule has 0 aliphatic rings. The molecule has 0 aliphatic heterocycles. The first-order chi connectivity index (χ1) is 12.8. The summed E-state index contributed by atoms with van der Waals surface area (Å²) in [5.74, 6) is 2.38. The predicted octanol–water partition coefficient (Wildman–Crippen LogP) is 5.74. The Morgan fingerprint density at radius 1 is 0.815 bits per heavy atom. The van der Waals surface area contributed by atoms with Crippen LogP contribution in [-0.4, -0.2) is 31.7 Å². The Hall–Kier alpha value is -1.80. The third-order valence-corrected chi connectivity index (χ3v) is 4.88. The van der Waals surface area contributed by atoms with Crippen LogP contribution in [0.1, 0.15) is 44.4 Å². The van der Waals surface area contributed by atoms with Crippen molar-refractivity contribution in [3.8, 4) is 5.75 Å². The molecule has 2 heteroatoms. The first-order valence-electron chi connectivity index (χ1n) is 10.4. The second kappa shape index (κ2) is 9.94. The molecule has 2 rings (SSSR count). The molecule has 0 aliphatic carbocycles. The van der Waals surface area contributed by atoms with Crippen LogP contribution in [-0.2, 0) is 19.4 Å². The molecule has 2 aromatic carbocycles. The van der Waals surface area contributed by atoms with Gasteiger partial charge in [0.2, 0.25) is 0 Å². The monoisotopic (exact) mass is 368 g/mol. The second-order valence-corrected chi connectivity index (χ2v) is 9.24. The van der Waals surface area contributed by atoms with E-state index < -0.39 is 0 Å². The van der Waals surface area contributed by atoms with Crippen molar-refractivity contribution >= 4 is 0 Å². The summed E-state index contributed by atoms with van der Waals surface area (Å²) in [5.41, 5.74) is 4.24. The largest absolute Gasteiger partial charge is 0.487 e. The highest BCUT2D eigenvalue weighted by atomic mass is 16.5. The van der Waals surface area contributed by atoms with Crippen LogP contribution in [0.4, 0.5) is 0 Å². The Morgan fingerprint density at radius 2 is 1.48 bits per heavy atom. The van der Waals surface area contributed by atoms with Gasteiger partial charge in [-0.3, -0.25) is 0 Å². The molecule has 0 unspecified atom stereocenters. The van der Waals surface area contributed by atoms with Crippen molar-refractivity contribution < 1.29 is 9.22 Å². The normalized spacial score (nSPS) is 12.0. The summed E-state index contributed by atoms with van der Waals surface area (Å²) in [5, 5.41) is 0. The number of hydrogen-bond acceptors (Lipinski definition) is 1. The number of nitrogens with zero attached hydrogens (tertiary/aromatic N) is 1. The van der Waals surface area contributed by atoms with Gasteiger partial charge in [0, 0.05) is 5.56 Å². The smallest absolute Gasteiger partial charge is 0.137 e. The lowest BCUT2D eigenvalue weighted by molar-refractivity contribution is -0.903. The number of rotatable bonds is 10. The van der Waals surface area contributed by atoms with Gasteiger partial charge in [-0.2, -0.15) is 0 Å². The quantitative estimate of drug-likeness (QED) is 0.486. The minimum atomic E-state index is 0.631. The molecule has 0 aromatic heterocycles. The Bertz CT molecular complexity index is 689. The average molecular weight is 369 g/mol. The average Bonchev–Trinajstić information content (AvgIpc) is 2.57. The van der Waals surface area contributed by atoms with E-state index in [1.54, 1.807) is 0 Å². The molecular weight excluding hydrogens is 330 g/mol. The molecule has 2 aromatic rings. The summed E-state index contributed by atoms with van der Waals surface area (Å²) in [6.45, 7) is 11.9. The third-order valence-electron chi connectivity index (χ3n) is 4.88. The van der Waals surface area contributed by atoms with Crippen molar-refractivity contribution in [1.29, 1.82) is 0 Å². The second-order valence-electron chi connectivity index (χ2n) is 9.24. The molecule has 0 saturated heterocycles. The minimum Gasteiger partial charge on any atom is -0.487 e. The van der Waals surface area contributed by atoms with Gasteiger partial charge in [0.15, 0.2) is 0 Å². The summed E-state index contributed by atoms with van der Waals surface area (Å²) in [4.78, 5) is 0. The number of likely N-dealkylation sites (N-methyl/N-ethyl adjacent to an activating group) is 1. The van der Waals surface area contributed by atoms with Gasteiger partial charge in [0.25, 0.3) is 0 Å². The van der Waals surface area contributed by atoms with E-state index in [4.69, 9.17) is 4.74 Å². The molecule has 0 heterocycles. The SMILES string of the molecule is CC(C)Cc1cccc(OCC[N+](C)(C)Cc2ccccc2)c1CC(C)C. The lowest BCUT2D eigenvalue weighted by Gasteiger charge is -2.30. The molecule has 148 valence electrons. The zero-order chi connectivity index (χ0) is 19.9. The summed E-state index contributed by atoms with van der Waals surface area (Å²) in [6.07, 6.45) is 2.20. The van der Waals surface area contributed by atoms with Gasteiger partial charge in [-0.25, -0.2) is 0 Å². The molecule has 2 nitrogen and oxygen atoms in total. The molecule has 0 bridgehead atoms. The van der Waals surface area contributed by atoms with Crippen molar-refractivity contribution in [2.45, 2.75) is 47.1 Å². The van der Waals surface area contributed by atoms with Gasteiger partial charge in [-0.1, -0.05) is 70.2 Å². The number of ether oxygens (including phenoxy) is 1.